The second kappa shape index (κ2) is 9.79. The van der Waals surface area contributed by atoms with Crippen LogP contribution in [0.1, 0.15) is 52.5 Å². The number of nitrogens with zero attached hydrogens (tertiary/aromatic N) is 1. The van der Waals surface area contributed by atoms with E-state index in [-0.39, 0.29) is 10.6 Å². The number of benzene rings is 1. The third-order valence-corrected chi connectivity index (χ3v) is 6.47. The average Bonchev–Trinajstić information content (AvgIpc) is 2.91. The first-order valence-electron chi connectivity index (χ1n) is 10.3. The molecule has 2 aromatic rings. The number of rotatable bonds is 6. The summed E-state index contributed by atoms with van der Waals surface area (Å²) in [5, 5.41) is 13.2. The Morgan fingerprint density at radius 1 is 1.18 bits per heavy atom. The number of esters is 1. The molecule has 0 saturated heterocycles. The summed E-state index contributed by atoms with van der Waals surface area (Å²) in [5.74, 6) is -4.35. The lowest BCUT2D eigenvalue weighted by Gasteiger charge is -2.35. The Hall–Kier alpha value is -3.13. The van der Waals surface area contributed by atoms with Crippen LogP contribution in [-0.4, -0.2) is 30.3 Å². The van der Waals surface area contributed by atoms with Gasteiger partial charge in [-0.05, 0) is 50.3 Å². The fourth-order valence-corrected chi connectivity index (χ4v) is 4.93. The highest BCUT2D eigenvalue weighted by Crippen LogP contribution is 2.41. The topological polar surface area (TPSA) is 91.2 Å². The molecule has 0 fully saturated rings. The van der Waals surface area contributed by atoms with Crippen LogP contribution in [0, 0.1) is 17.1 Å². The van der Waals surface area contributed by atoms with Crippen molar-refractivity contribution in [1.29, 1.82) is 5.26 Å². The number of amides is 1. The number of thiophene rings is 1. The normalized spacial score (nSPS) is 15.4. The summed E-state index contributed by atoms with van der Waals surface area (Å²) < 4.78 is 62.1. The van der Waals surface area contributed by atoms with Crippen LogP contribution in [0.5, 0.6) is 0 Å². The van der Waals surface area contributed by atoms with Gasteiger partial charge in [0.2, 0.25) is 0 Å². The molecule has 1 heterocycles. The van der Waals surface area contributed by atoms with E-state index in [0.717, 1.165) is 47.6 Å². The number of hydrogen-bond donors (Lipinski definition) is 2. The highest BCUT2D eigenvalue weighted by Gasteiger charge is 2.64. The van der Waals surface area contributed by atoms with Gasteiger partial charge in [0.1, 0.15) is 16.9 Å². The standard InChI is InChI=1S/C22H21F4N3O3S/c1-2-32-20(31)21(22(24,25)26,28-18(30)14-9-6-7-10-16(14)23)29-19-15(12-27)13-8-4-3-5-11-17(13)33-19/h6-7,9-10,29H,2-5,8,11H2,1H3,(H,28,30)/t21-/m0/s1. The maximum Gasteiger partial charge on any atom is 0.441 e. The zero-order chi connectivity index (χ0) is 24.2. The molecule has 0 aliphatic heterocycles. The van der Waals surface area contributed by atoms with E-state index in [1.165, 1.54) is 19.1 Å². The van der Waals surface area contributed by atoms with E-state index in [1.807, 2.05) is 6.07 Å². The fraction of sp³-hybridized carbons (Fsp3) is 0.409. The number of nitrogens with one attached hydrogen (secondary N) is 2. The molecule has 2 N–H and O–H groups in total. The van der Waals surface area contributed by atoms with Crippen LogP contribution in [0.3, 0.4) is 0 Å². The van der Waals surface area contributed by atoms with Crippen molar-refractivity contribution in [3.63, 3.8) is 0 Å². The van der Waals surface area contributed by atoms with Crippen molar-refractivity contribution >= 4 is 28.2 Å². The van der Waals surface area contributed by atoms with Crippen molar-refractivity contribution in [3.8, 4) is 6.07 Å². The Morgan fingerprint density at radius 2 is 1.88 bits per heavy atom. The Labute approximate surface area is 191 Å². The smallest absolute Gasteiger partial charge is 0.441 e. The number of halogens is 4. The number of carbonyl (C=O) groups is 2. The number of ether oxygens (including phenoxy) is 1. The van der Waals surface area contributed by atoms with Crippen molar-refractivity contribution in [2.24, 2.45) is 0 Å². The van der Waals surface area contributed by atoms with Crippen molar-refractivity contribution in [2.75, 3.05) is 11.9 Å². The molecule has 6 nitrogen and oxygen atoms in total. The van der Waals surface area contributed by atoms with Gasteiger partial charge in [-0.25, -0.2) is 9.18 Å². The van der Waals surface area contributed by atoms with E-state index in [0.29, 0.717) is 18.4 Å². The summed E-state index contributed by atoms with van der Waals surface area (Å²) in [7, 11) is 0. The molecule has 1 amide bonds. The quantitative estimate of drug-likeness (QED) is 0.269. The maximum absolute atomic E-state index is 14.4. The summed E-state index contributed by atoms with van der Waals surface area (Å²) in [6, 6.07) is 6.37. The number of fused-ring (bicyclic) bond motifs is 1. The van der Waals surface area contributed by atoms with Gasteiger partial charge in [0, 0.05) is 4.88 Å². The lowest BCUT2D eigenvalue weighted by molar-refractivity contribution is -0.204. The number of anilines is 1. The molecule has 3 rings (SSSR count). The molecule has 1 atom stereocenters. The number of carbonyl (C=O) groups excluding carboxylic acids is 2. The average molecular weight is 483 g/mol. The molecule has 1 aliphatic rings. The summed E-state index contributed by atoms with van der Waals surface area (Å²) in [6.07, 6.45) is -1.74. The van der Waals surface area contributed by atoms with Crippen LogP contribution < -0.4 is 10.6 Å². The highest BCUT2D eigenvalue weighted by atomic mass is 32.1. The third kappa shape index (κ3) is 4.80. The van der Waals surface area contributed by atoms with E-state index in [4.69, 9.17) is 0 Å². The molecule has 1 aromatic heterocycles. The Balaban J connectivity index is 2.11. The number of aryl methyl sites for hydroxylation is 1. The van der Waals surface area contributed by atoms with Gasteiger partial charge in [0.25, 0.3) is 5.91 Å². The molecule has 0 saturated carbocycles. The molecule has 0 radical (unpaired) electrons. The van der Waals surface area contributed by atoms with Gasteiger partial charge in [-0.3, -0.25) is 4.79 Å². The van der Waals surface area contributed by atoms with Gasteiger partial charge in [-0.1, -0.05) is 18.6 Å². The second-order valence-electron chi connectivity index (χ2n) is 7.41. The van der Waals surface area contributed by atoms with Crippen LogP contribution in [0.25, 0.3) is 0 Å². The van der Waals surface area contributed by atoms with Gasteiger partial charge >= 0.3 is 17.8 Å². The van der Waals surface area contributed by atoms with E-state index < -0.39 is 41.7 Å². The first-order valence-corrected chi connectivity index (χ1v) is 11.1. The third-order valence-electron chi connectivity index (χ3n) is 5.26. The molecule has 11 heteroatoms. The van der Waals surface area contributed by atoms with Gasteiger partial charge in [-0.15, -0.1) is 11.3 Å². The zero-order valence-corrected chi connectivity index (χ0v) is 18.5. The fourth-order valence-electron chi connectivity index (χ4n) is 3.63. The highest BCUT2D eigenvalue weighted by molar-refractivity contribution is 7.16. The van der Waals surface area contributed by atoms with Crippen LogP contribution in [0.15, 0.2) is 24.3 Å². The van der Waals surface area contributed by atoms with E-state index >= 15 is 0 Å². The lowest BCUT2D eigenvalue weighted by atomic mass is 10.0. The minimum absolute atomic E-state index is 0.00466. The molecule has 33 heavy (non-hydrogen) atoms. The van der Waals surface area contributed by atoms with E-state index in [9.17, 15) is 32.4 Å². The number of hydrogen-bond acceptors (Lipinski definition) is 6. The lowest BCUT2D eigenvalue weighted by Crippen LogP contribution is -2.69. The minimum atomic E-state index is -5.39. The Bertz CT molecular complexity index is 1090. The first-order chi connectivity index (χ1) is 15.6. The molecule has 0 unspecified atom stereocenters. The number of alkyl halides is 3. The molecule has 0 bridgehead atoms. The second-order valence-corrected chi connectivity index (χ2v) is 8.51. The molecular weight excluding hydrogens is 462 g/mol. The van der Waals surface area contributed by atoms with Crippen LogP contribution in [0.2, 0.25) is 0 Å². The first kappa shape index (κ1) is 24.5. The van der Waals surface area contributed by atoms with Crippen LogP contribution in [-0.2, 0) is 22.4 Å². The monoisotopic (exact) mass is 483 g/mol. The van der Waals surface area contributed by atoms with Crippen molar-refractivity contribution in [2.45, 2.75) is 50.9 Å². The summed E-state index contributed by atoms with van der Waals surface area (Å²) in [4.78, 5) is 26.1. The summed E-state index contributed by atoms with van der Waals surface area (Å²) in [6.45, 7) is 0.908. The van der Waals surface area contributed by atoms with Gasteiger partial charge in [0.05, 0.1) is 17.7 Å². The minimum Gasteiger partial charge on any atom is -0.463 e. The maximum atomic E-state index is 14.4. The number of nitriles is 1. The Kier molecular flexibility index (Phi) is 7.27. The molecular formula is C22H21F4N3O3S. The molecule has 0 spiro atoms. The van der Waals surface area contributed by atoms with Crippen molar-refractivity contribution < 1.29 is 31.9 Å². The van der Waals surface area contributed by atoms with Gasteiger partial charge < -0.3 is 15.4 Å². The molecule has 1 aromatic carbocycles. The van der Waals surface area contributed by atoms with Crippen LogP contribution >= 0.6 is 11.3 Å². The molecule has 176 valence electrons. The molecule has 1 aliphatic carbocycles. The predicted molar refractivity (Wildman–Crippen MR) is 113 cm³/mol. The largest absolute Gasteiger partial charge is 0.463 e. The van der Waals surface area contributed by atoms with E-state index in [1.54, 1.807) is 5.32 Å². The van der Waals surface area contributed by atoms with Crippen molar-refractivity contribution in [3.05, 3.63) is 51.7 Å². The Morgan fingerprint density at radius 3 is 2.52 bits per heavy atom. The van der Waals surface area contributed by atoms with E-state index in [2.05, 4.69) is 10.1 Å². The van der Waals surface area contributed by atoms with Crippen molar-refractivity contribution in [1.82, 2.24) is 5.32 Å². The zero-order valence-electron chi connectivity index (χ0n) is 17.6. The predicted octanol–water partition coefficient (Wildman–Crippen LogP) is 4.69. The van der Waals surface area contributed by atoms with Crippen LogP contribution in [0.4, 0.5) is 22.6 Å². The van der Waals surface area contributed by atoms with Gasteiger partial charge in [0.15, 0.2) is 0 Å². The summed E-state index contributed by atoms with van der Waals surface area (Å²) in [5.41, 5.74) is -3.78. The SMILES string of the molecule is CCOC(=O)[C@](NC(=O)c1ccccc1F)(Nc1sc2c(c1C#N)CCCCC2)C(F)(F)F. The summed E-state index contributed by atoms with van der Waals surface area (Å²) >= 11 is 0.938. The van der Waals surface area contributed by atoms with Gasteiger partial charge in [-0.2, -0.15) is 18.4 Å².